The zero-order valence-electron chi connectivity index (χ0n) is 10.2. The normalized spacial score (nSPS) is 9.78. The Morgan fingerprint density at radius 3 is 2.78 bits per heavy atom. The smallest absolute Gasteiger partial charge is 0.121 e. The SMILES string of the molecule is Cc1c(N)cccc1COc1cccc(C#N)c1. The number of nitrogens with zero attached hydrogens (tertiary/aromatic N) is 1. The molecule has 0 fully saturated rings. The van der Waals surface area contributed by atoms with E-state index < -0.39 is 0 Å². The molecule has 3 nitrogen and oxygen atoms in total. The number of hydrogen-bond donors (Lipinski definition) is 1. The number of rotatable bonds is 3. The highest BCUT2D eigenvalue weighted by Gasteiger charge is 2.02. The standard InChI is InChI=1S/C15H14N2O/c1-11-13(5-3-7-15(11)17)10-18-14-6-2-4-12(8-14)9-16/h2-8H,10,17H2,1H3. The number of benzene rings is 2. The van der Waals surface area contributed by atoms with Gasteiger partial charge in [-0.25, -0.2) is 0 Å². The maximum Gasteiger partial charge on any atom is 0.121 e. The van der Waals surface area contributed by atoms with E-state index in [1.165, 1.54) is 0 Å². The average molecular weight is 238 g/mol. The zero-order valence-corrected chi connectivity index (χ0v) is 10.2. The molecule has 0 aromatic heterocycles. The van der Waals surface area contributed by atoms with Crippen LogP contribution in [-0.4, -0.2) is 0 Å². The predicted molar refractivity (Wildman–Crippen MR) is 71.1 cm³/mol. The molecule has 90 valence electrons. The van der Waals surface area contributed by atoms with Gasteiger partial charge in [-0.1, -0.05) is 18.2 Å². The van der Waals surface area contributed by atoms with Crippen LogP contribution in [0.3, 0.4) is 0 Å². The fourth-order valence-corrected chi connectivity index (χ4v) is 1.68. The van der Waals surface area contributed by atoms with Gasteiger partial charge in [0.1, 0.15) is 12.4 Å². The summed E-state index contributed by atoms with van der Waals surface area (Å²) >= 11 is 0. The van der Waals surface area contributed by atoms with Crippen LogP contribution in [0.1, 0.15) is 16.7 Å². The van der Waals surface area contributed by atoms with E-state index in [0.717, 1.165) is 16.8 Å². The summed E-state index contributed by atoms with van der Waals surface area (Å²) in [6, 6.07) is 15.0. The molecule has 2 aromatic rings. The molecular formula is C15H14N2O. The molecule has 3 heteroatoms. The molecule has 0 aliphatic rings. The van der Waals surface area contributed by atoms with Gasteiger partial charge in [0.15, 0.2) is 0 Å². The largest absolute Gasteiger partial charge is 0.489 e. The second-order valence-corrected chi connectivity index (χ2v) is 4.06. The highest BCUT2D eigenvalue weighted by atomic mass is 16.5. The van der Waals surface area contributed by atoms with Crippen LogP contribution in [0, 0.1) is 18.3 Å². The Bertz CT molecular complexity index is 600. The second kappa shape index (κ2) is 5.24. The minimum absolute atomic E-state index is 0.450. The van der Waals surface area contributed by atoms with Crippen LogP contribution in [0.25, 0.3) is 0 Å². The molecule has 0 heterocycles. The van der Waals surface area contributed by atoms with Crippen molar-refractivity contribution in [2.75, 3.05) is 5.73 Å². The summed E-state index contributed by atoms with van der Waals surface area (Å²) in [6.45, 7) is 2.42. The number of ether oxygens (including phenoxy) is 1. The lowest BCUT2D eigenvalue weighted by Crippen LogP contribution is -2.00. The lowest BCUT2D eigenvalue weighted by atomic mass is 10.1. The first kappa shape index (κ1) is 12.0. The molecule has 0 amide bonds. The molecule has 0 aliphatic heterocycles. The van der Waals surface area contributed by atoms with E-state index in [0.29, 0.717) is 17.9 Å². The van der Waals surface area contributed by atoms with Crippen molar-refractivity contribution in [3.8, 4) is 11.8 Å². The van der Waals surface area contributed by atoms with E-state index in [4.69, 9.17) is 15.7 Å². The molecule has 0 unspecified atom stereocenters. The lowest BCUT2D eigenvalue weighted by Gasteiger charge is -2.10. The van der Waals surface area contributed by atoms with Crippen LogP contribution < -0.4 is 10.5 Å². The van der Waals surface area contributed by atoms with Gasteiger partial charge in [-0.05, 0) is 42.3 Å². The van der Waals surface area contributed by atoms with E-state index in [-0.39, 0.29) is 0 Å². The summed E-state index contributed by atoms with van der Waals surface area (Å²) in [7, 11) is 0. The summed E-state index contributed by atoms with van der Waals surface area (Å²) in [5, 5.41) is 8.81. The lowest BCUT2D eigenvalue weighted by molar-refractivity contribution is 0.305. The van der Waals surface area contributed by atoms with Crippen molar-refractivity contribution in [2.45, 2.75) is 13.5 Å². The van der Waals surface area contributed by atoms with Crippen LogP contribution in [0.15, 0.2) is 42.5 Å². The van der Waals surface area contributed by atoms with Gasteiger partial charge in [0.05, 0.1) is 11.6 Å². The Morgan fingerprint density at radius 1 is 1.22 bits per heavy atom. The molecule has 2 N–H and O–H groups in total. The van der Waals surface area contributed by atoms with Crippen molar-refractivity contribution < 1.29 is 4.74 Å². The van der Waals surface area contributed by atoms with Gasteiger partial charge in [-0.3, -0.25) is 0 Å². The topological polar surface area (TPSA) is 59.0 Å². The van der Waals surface area contributed by atoms with Crippen LogP contribution in [0.5, 0.6) is 5.75 Å². The predicted octanol–water partition coefficient (Wildman–Crippen LogP) is 3.03. The maximum absolute atomic E-state index is 8.81. The monoisotopic (exact) mass is 238 g/mol. The Labute approximate surface area is 106 Å². The molecule has 0 saturated heterocycles. The van der Waals surface area contributed by atoms with Crippen molar-refractivity contribution in [1.82, 2.24) is 0 Å². The zero-order chi connectivity index (χ0) is 13.0. The van der Waals surface area contributed by atoms with Crippen LogP contribution in [0.2, 0.25) is 0 Å². The first-order valence-corrected chi connectivity index (χ1v) is 5.67. The molecule has 2 rings (SSSR count). The van der Waals surface area contributed by atoms with E-state index in [1.807, 2.05) is 31.2 Å². The van der Waals surface area contributed by atoms with Gasteiger partial charge in [-0.2, -0.15) is 5.26 Å². The van der Waals surface area contributed by atoms with Crippen molar-refractivity contribution in [1.29, 1.82) is 5.26 Å². The Hall–Kier alpha value is -2.47. The van der Waals surface area contributed by atoms with Gasteiger partial charge < -0.3 is 10.5 Å². The molecular weight excluding hydrogens is 224 g/mol. The molecule has 0 spiro atoms. The van der Waals surface area contributed by atoms with Crippen molar-refractivity contribution >= 4 is 5.69 Å². The van der Waals surface area contributed by atoms with Gasteiger partial charge in [-0.15, -0.1) is 0 Å². The third kappa shape index (κ3) is 2.61. The number of anilines is 1. The number of nitrogen functional groups attached to an aromatic ring is 1. The summed E-state index contributed by atoms with van der Waals surface area (Å²) in [6.07, 6.45) is 0. The Balaban J connectivity index is 2.12. The summed E-state index contributed by atoms with van der Waals surface area (Å²) in [5.41, 5.74) is 9.29. The maximum atomic E-state index is 8.81. The summed E-state index contributed by atoms with van der Waals surface area (Å²) in [5.74, 6) is 0.691. The van der Waals surface area contributed by atoms with Gasteiger partial charge in [0, 0.05) is 5.69 Å². The van der Waals surface area contributed by atoms with Crippen LogP contribution in [0.4, 0.5) is 5.69 Å². The van der Waals surface area contributed by atoms with E-state index in [9.17, 15) is 0 Å². The fraction of sp³-hybridized carbons (Fsp3) is 0.133. The Kier molecular flexibility index (Phi) is 3.49. The van der Waals surface area contributed by atoms with Crippen molar-refractivity contribution in [2.24, 2.45) is 0 Å². The minimum atomic E-state index is 0.450. The van der Waals surface area contributed by atoms with Crippen molar-refractivity contribution in [3.05, 3.63) is 59.2 Å². The molecule has 0 saturated carbocycles. The van der Waals surface area contributed by atoms with Gasteiger partial charge in [0.25, 0.3) is 0 Å². The molecule has 2 aromatic carbocycles. The summed E-state index contributed by atoms with van der Waals surface area (Å²) < 4.78 is 5.66. The van der Waals surface area contributed by atoms with Crippen molar-refractivity contribution in [3.63, 3.8) is 0 Å². The summed E-state index contributed by atoms with van der Waals surface area (Å²) in [4.78, 5) is 0. The number of hydrogen-bond acceptors (Lipinski definition) is 3. The highest BCUT2D eigenvalue weighted by molar-refractivity contribution is 5.49. The molecule has 18 heavy (non-hydrogen) atoms. The van der Waals surface area contributed by atoms with E-state index in [1.54, 1.807) is 18.2 Å². The number of nitrogens with two attached hydrogens (primary N) is 1. The fourth-order valence-electron chi connectivity index (χ4n) is 1.68. The van der Waals surface area contributed by atoms with Gasteiger partial charge in [0.2, 0.25) is 0 Å². The third-order valence-corrected chi connectivity index (χ3v) is 2.85. The van der Waals surface area contributed by atoms with E-state index >= 15 is 0 Å². The molecule has 0 radical (unpaired) electrons. The molecule has 0 aliphatic carbocycles. The first-order chi connectivity index (χ1) is 8.70. The quantitative estimate of drug-likeness (QED) is 0.836. The third-order valence-electron chi connectivity index (χ3n) is 2.85. The van der Waals surface area contributed by atoms with E-state index in [2.05, 4.69) is 6.07 Å². The minimum Gasteiger partial charge on any atom is -0.489 e. The second-order valence-electron chi connectivity index (χ2n) is 4.06. The molecule has 0 bridgehead atoms. The Morgan fingerprint density at radius 2 is 2.00 bits per heavy atom. The number of nitriles is 1. The van der Waals surface area contributed by atoms with Crippen LogP contribution in [-0.2, 0) is 6.61 Å². The van der Waals surface area contributed by atoms with Gasteiger partial charge >= 0.3 is 0 Å². The highest BCUT2D eigenvalue weighted by Crippen LogP contribution is 2.19. The van der Waals surface area contributed by atoms with Crippen LogP contribution >= 0.6 is 0 Å². The molecule has 0 atom stereocenters. The average Bonchev–Trinajstić information content (AvgIpc) is 2.41. The first-order valence-electron chi connectivity index (χ1n) is 5.67.